The maximum Gasteiger partial charge on any atom is 0.262 e. The lowest BCUT2D eigenvalue weighted by Crippen LogP contribution is -2.30. The van der Waals surface area contributed by atoms with Crippen LogP contribution >= 0.6 is 12.2 Å². The highest BCUT2D eigenvalue weighted by molar-refractivity contribution is 7.92. The normalized spacial score (nSPS) is 10.9. The van der Waals surface area contributed by atoms with Crippen LogP contribution < -0.4 is 20.1 Å². The van der Waals surface area contributed by atoms with Gasteiger partial charge >= 0.3 is 0 Å². The first-order valence-electron chi connectivity index (χ1n) is 9.74. The van der Waals surface area contributed by atoms with Gasteiger partial charge in [0.1, 0.15) is 5.75 Å². The van der Waals surface area contributed by atoms with Gasteiger partial charge < -0.3 is 15.4 Å². The van der Waals surface area contributed by atoms with Gasteiger partial charge in [0.05, 0.1) is 12.0 Å². The highest BCUT2D eigenvalue weighted by Crippen LogP contribution is 2.23. The number of sulfonamides is 1. The molecule has 162 valence electrons. The molecule has 0 aliphatic heterocycles. The van der Waals surface area contributed by atoms with Crippen LogP contribution in [0.5, 0.6) is 5.75 Å². The fraction of sp³-hybridized carbons (Fsp3) is 0.174. The average molecular weight is 456 g/mol. The van der Waals surface area contributed by atoms with E-state index in [1.54, 1.807) is 56.5 Å². The summed E-state index contributed by atoms with van der Waals surface area (Å²) in [5, 5.41) is 6.63. The molecule has 0 unspecified atom stereocenters. The van der Waals surface area contributed by atoms with Crippen molar-refractivity contribution in [3.63, 3.8) is 0 Å². The number of ether oxygens (including phenoxy) is 1. The molecule has 0 aliphatic rings. The van der Waals surface area contributed by atoms with Gasteiger partial charge in [-0.05, 0) is 73.1 Å². The first kappa shape index (κ1) is 22.6. The molecule has 0 bridgehead atoms. The van der Waals surface area contributed by atoms with E-state index < -0.39 is 10.0 Å². The Morgan fingerprint density at radius 3 is 2.35 bits per heavy atom. The third-order valence-electron chi connectivity index (χ3n) is 4.62. The van der Waals surface area contributed by atoms with Crippen molar-refractivity contribution >= 4 is 38.7 Å². The molecule has 0 radical (unpaired) electrons. The highest BCUT2D eigenvalue weighted by Gasteiger charge is 2.18. The van der Waals surface area contributed by atoms with Crippen molar-refractivity contribution in [1.82, 2.24) is 5.32 Å². The molecule has 3 aromatic carbocycles. The Hall–Kier alpha value is -3.10. The number of anilines is 2. The molecule has 0 aromatic heterocycles. The highest BCUT2D eigenvalue weighted by atomic mass is 32.2. The summed E-state index contributed by atoms with van der Waals surface area (Å²) in [6.07, 6.45) is 0.792. The van der Waals surface area contributed by atoms with Crippen LogP contribution in [-0.2, 0) is 16.4 Å². The van der Waals surface area contributed by atoms with Crippen molar-refractivity contribution < 1.29 is 13.2 Å². The number of nitrogens with one attached hydrogen (secondary N) is 3. The molecule has 8 heteroatoms. The van der Waals surface area contributed by atoms with Gasteiger partial charge in [0.2, 0.25) is 0 Å². The lowest BCUT2D eigenvalue weighted by Gasteiger charge is -2.14. The van der Waals surface area contributed by atoms with Crippen molar-refractivity contribution in [2.24, 2.45) is 0 Å². The summed E-state index contributed by atoms with van der Waals surface area (Å²) in [6, 6.07) is 21.8. The van der Waals surface area contributed by atoms with Crippen LogP contribution in [-0.4, -0.2) is 27.2 Å². The Balaban J connectivity index is 1.60. The van der Waals surface area contributed by atoms with Gasteiger partial charge in [0.25, 0.3) is 10.0 Å². The molecule has 3 rings (SSSR count). The van der Waals surface area contributed by atoms with E-state index in [9.17, 15) is 8.42 Å². The van der Waals surface area contributed by atoms with Gasteiger partial charge in [-0.3, -0.25) is 4.72 Å². The first-order chi connectivity index (χ1) is 14.9. The predicted octanol–water partition coefficient (Wildman–Crippen LogP) is 4.33. The number of benzene rings is 3. The Morgan fingerprint density at radius 1 is 0.968 bits per heavy atom. The Morgan fingerprint density at radius 2 is 1.68 bits per heavy atom. The smallest absolute Gasteiger partial charge is 0.262 e. The molecular weight excluding hydrogens is 430 g/mol. The second-order valence-electron chi connectivity index (χ2n) is 6.93. The molecule has 0 aliphatic carbocycles. The summed E-state index contributed by atoms with van der Waals surface area (Å²) >= 11 is 5.36. The number of para-hydroxylation sites is 1. The van der Waals surface area contributed by atoms with Crippen molar-refractivity contribution in [3.05, 3.63) is 83.9 Å². The standard InChI is InChI=1S/C23H25N3O3S2/c1-17-8-11-20(16-22(17)31(27,28)26-19-6-4-3-5-7-19)25-23(30)24-15-14-18-9-12-21(29-2)13-10-18/h3-13,16,26H,14-15H2,1-2H3,(H2,24,25,30). The lowest BCUT2D eigenvalue weighted by molar-refractivity contribution is 0.414. The molecule has 0 heterocycles. The van der Waals surface area contributed by atoms with Crippen LogP contribution in [0, 0.1) is 6.92 Å². The molecule has 0 saturated heterocycles. The Kier molecular flexibility index (Phi) is 7.49. The van der Waals surface area contributed by atoms with Gasteiger partial charge in [0, 0.05) is 17.9 Å². The molecule has 31 heavy (non-hydrogen) atoms. The number of hydrogen-bond donors (Lipinski definition) is 3. The minimum Gasteiger partial charge on any atom is -0.497 e. The van der Waals surface area contributed by atoms with E-state index in [1.165, 1.54) is 0 Å². The second kappa shape index (κ2) is 10.3. The molecular formula is C23H25N3O3S2. The van der Waals surface area contributed by atoms with Crippen molar-refractivity contribution in [3.8, 4) is 5.75 Å². The zero-order chi connectivity index (χ0) is 22.3. The molecule has 0 saturated carbocycles. The number of rotatable bonds is 8. The Bertz CT molecular complexity index is 1130. The van der Waals surface area contributed by atoms with Crippen molar-refractivity contribution in [2.45, 2.75) is 18.2 Å². The van der Waals surface area contributed by atoms with Crippen LogP contribution in [0.2, 0.25) is 0 Å². The van der Waals surface area contributed by atoms with E-state index >= 15 is 0 Å². The van der Waals surface area contributed by atoms with Gasteiger partial charge in [-0.1, -0.05) is 36.4 Å². The zero-order valence-corrected chi connectivity index (χ0v) is 19.0. The van der Waals surface area contributed by atoms with Crippen molar-refractivity contribution in [2.75, 3.05) is 23.7 Å². The summed E-state index contributed by atoms with van der Waals surface area (Å²) in [7, 11) is -2.09. The largest absolute Gasteiger partial charge is 0.497 e. The minimum absolute atomic E-state index is 0.197. The quantitative estimate of drug-likeness (QED) is 0.439. The van der Waals surface area contributed by atoms with E-state index in [-0.39, 0.29) is 4.90 Å². The van der Waals surface area contributed by atoms with E-state index in [1.807, 2.05) is 30.3 Å². The third kappa shape index (κ3) is 6.44. The molecule has 3 N–H and O–H groups in total. The van der Waals surface area contributed by atoms with E-state index in [4.69, 9.17) is 17.0 Å². The molecule has 0 fully saturated rings. The topological polar surface area (TPSA) is 79.5 Å². The second-order valence-corrected chi connectivity index (χ2v) is 8.99. The molecule has 0 spiro atoms. The summed E-state index contributed by atoms with van der Waals surface area (Å²) in [5.74, 6) is 0.820. The summed E-state index contributed by atoms with van der Waals surface area (Å²) < 4.78 is 33.4. The maximum absolute atomic E-state index is 12.8. The summed E-state index contributed by atoms with van der Waals surface area (Å²) in [6.45, 7) is 2.40. The van der Waals surface area contributed by atoms with Crippen LogP contribution in [0.1, 0.15) is 11.1 Å². The minimum atomic E-state index is -3.72. The third-order valence-corrected chi connectivity index (χ3v) is 6.39. The number of aryl methyl sites for hydroxylation is 1. The van der Waals surface area contributed by atoms with Gasteiger partial charge in [-0.2, -0.15) is 0 Å². The number of thiocarbonyl (C=S) groups is 1. The van der Waals surface area contributed by atoms with E-state index in [2.05, 4.69) is 15.4 Å². The molecule has 6 nitrogen and oxygen atoms in total. The summed E-state index contributed by atoms with van der Waals surface area (Å²) in [5.41, 5.74) is 2.91. The first-order valence-corrected chi connectivity index (χ1v) is 11.6. The Labute approximate surface area is 188 Å². The van der Waals surface area contributed by atoms with E-state index in [0.717, 1.165) is 17.7 Å². The monoisotopic (exact) mass is 455 g/mol. The maximum atomic E-state index is 12.8. The average Bonchev–Trinajstić information content (AvgIpc) is 2.76. The zero-order valence-electron chi connectivity index (χ0n) is 17.4. The van der Waals surface area contributed by atoms with Crippen molar-refractivity contribution in [1.29, 1.82) is 0 Å². The van der Waals surface area contributed by atoms with Crippen LogP contribution in [0.3, 0.4) is 0 Å². The van der Waals surface area contributed by atoms with Gasteiger partial charge in [-0.15, -0.1) is 0 Å². The number of methoxy groups -OCH3 is 1. The lowest BCUT2D eigenvalue weighted by atomic mass is 10.1. The van der Waals surface area contributed by atoms with Gasteiger partial charge in [0.15, 0.2) is 5.11 Å². The van der Waals surface area contributed by atoms with Crippen LogP contribution in [0.25, 0.3) is 0 Å². The van der Waals surface area contributed by atoms with Crippen LogP contribution in [0.4, 0.5) is 11.4 Å². The molecule has 0 atom stereocenters. The van der Waals surface area contributed by atoms with Gasteiger partial charge in [-0.25, -0.2) is 8.42 Å². The predicted molar refractivity (Wildman–Crippen MR) is 129 cm³/mol. The number of hydrogen-bond acceptors (Lipinski definition) is 4. The fourth-order valence-electron chi connectivity index (χ4n) is 2.97. The molecule has 0 amide bonds. The summed E-state index contributed by atoms with van der Waals surface area (Å²) in [4.78, 5) is 0.197. The fourth-order valence-corrected chi connectivity index (χ4v) is 4.52. The van der Waals surface area contributed by atoms with Crippen LogP contribution in [0.15, 0.2) is 77.7 Å². The van der Waals surface area contributed by atoms with E-state index in [0.29, 0.717) is 28.6 Å². The molecule has 3 aromatic rings. The SMILES string of the molecule is COc1ccc(CCNC(=S)Nc2ccc(C)c(S(=O)(=O)Nc3ccccc3)c2)cc1.